The van der Waals surface area contributed by atoms with Crippen molar-refractivity contribution in [3.05, 3.63) is 29.8 Å². The molecule has 1 aromatic rings. The number of benzene rings is 1. The monoisotopic (exact) mass is 334 g/mol. The highest BCUT2D eigenvalue weighted by Crippen LogP contribution is 2.18. The minimum Gasteiger partial charge on any atom is -0.497 e. The molecule has 5 heteroatoms. The van der Waals surface area contributed by atoms with E-state index in [4.69, 9.17) is 9.84 Å². The van der Waals surface area contributed by atoms with Gasteiger partial charge in [-0.15, -0.1) is 0 Å². The molecule has 5 nitrogen and oxygen atoms in total. The highest BCUT2D eigenvalue weighted by Gasteiger charge is 2.24. The van der Waals surface area contributed by atoms with Gasteiger partial charge in [-0.2, -0.15) is 0 Å². The summed E-state index contributed by atoms with van der Waals surface area (Å²) in [4.78, 5) is 15.5. The minimum absolute atomic E-state index is 0.164. The van der Waals surface area contributed by atoms with Crippen molar-refractivity contribution in [3.8, 4) is 5.75 Å². The molecule has 1 fully saturated rings. The number of hydrogen-bond acceptors (Lipinski definition) is 4. The van der Waals surface area contributed by atoms with Gasteiger partial charge in [0.25, 0.3) is 0 Å². The number of rotatable bonds is 9. The van der Waals surface area contributed by atoms with Crippen molar-refractivity contribution in [2.75, 3.05) is 39.8 Å². The highest BCUT2D eigenvalue weighted by molar-refractivity contribution is 5.69. The van der Waals surface area contributed by atoms with Crippen LogP contribution in [-0.4, -0.2) is 66.8 Å². The van der Waals surface area contributed by atoms with Gasteiger partial charge in [0.1, 0.15) is 5.75 Å². The number of nitrogens with zero attached hydrogens (tertiary/aromatic N) is 2. The largest absolute Gasteiger partial charge is 0.497 e. The lowest BCUT2D eigenvalue weighted by atomic mass is 10.0. The van der Waals surface area contributed by atoms with Crippen molar-refractivity contribution in [2.45, 2.75) is 38.6 Å². The Balaban J connectivity index is 1.70. The lowest BCUT2D eigenvalue weighted by molar-refractivity contribution is -0.139. The van der Waals surface area contributed by atoms with Crippen molar-refractivity contribution in [2.24, 2.45) is 0 Å². The summed E-state index contributed by atoms with van der Waals surface area (Å²) in [6.45, 7) is 6.26. The number of aryl methyl sites for hydroxylation is 1. The summed E-state index contributed by atoms with van der Waals surface area (Å²) in [6, 6.07) is 8.70. The Labute approximate surface area is 145 Å². The number of likely N-dealkylation sites (tertiary alicyclic amines) is 1. The van der Waals surface area contributed by atoms with Crippen LogP contribution in [0.1, 0.15) is 31.7 Å². The molecule has 1 saturated heterocycles. The average molecular weight is 334 g/mol. The maximum Gasteiger partial charge on any atom is 0.317 e. The summed E-state index contributed by atoms with van der Waals surface area (Å²) in [5.74, 6) is 0.198. The molecule has 0 spiro atoms. The van der Waals surface area contributed by atoms with E-state index >= 15 is 0 Å². The van der Waals surface area contributed by atoms with Crippen LogP contribution < -0.4 is 4.74 Å². The van der Waals surface area contributed by atoms with Crippen LogP contribution in [0.2, 0.25) is 0 Å². The Hall–Kier alpha value is -1.59. The predicted octanol–water partition coefficient (Wildman–Crippen LogP) is 2.50. The zero-order chi connectivity index (χ0) is 17.4. The van der Waals surface area contributed by atoms with Gasteiger partial charge in [-0.3, -0.25) is 9.69 Å². The molecule has 0 aromatic heterocycles. The summed E-state index contributed by atoms with van der Waals surface area (Å²) in [5.41, 5.74) is 1.32. The van der Waals surface area contributed by atoms with E-state index in [1.807, 2.05) is 19.1 Å². The molecule has 24 heavy (non-hydrogen) atoms. The fourth-order valence-electron chi connectivity index (χ4n) is 3.52. The first kappa shape index (κ1) is 18.7. The maximum absolute atomic E-state index is 10.9. The van der Waals surface area contributed by atoms with Gasteiger partial charge in [0.2, 0.25) is 0 Å². The molecule has 0 bridgehead atoms. The fourth-order valence-corrected chi connectivity index (χ4v) is 3.52. The van der Waals surface area contributed by atoms with E-state index in [2.05, 4.69) is 21.9 Å². The molecule has 1 aliphatic rings. The summed E-state index contributed by atoms with van der Waals surface area (Å²) >= 11 is 0. The van der Waals surface area contributed by atoms with Crippen molar-refractivity contribution < 1.29 is 14.6 Å². The van der Waals surface area contributed by atoms with Crippen LogP contribution in [0.3, 0.4) is 0 Å². The van der Waals surface area contributed by atoms with Gasteiger partial charge in [0.15, 0.2) is 0 Å². The van der Waals surface area contributed by atoms with Crippen LogP contribution in [-0.2, 0) is 11.2 Å². The molecule has 0 amide bonds. The van der Waals surface area contributed by atoms with E-state index in [0.717, 1.165) is 57.6 Å². The van der Waals surface area contributed by atoms with Gasteiger partial charge in [0, 0.05) is 6.04 Å². The van der Waals surface area contributed by atoms with Crippen LogP contribution in [0.25, 0.3) is 0 Å². The number of piperidine rings is 1. The van der Waals surface area contributed by atoms with Gasteiger partial charge in [0.05, 0.1) is 13.7 Å². The molecule has 0 saturated carbocycles. The molecule has 2 rings (SSSR count). The van der Waals surface area contributed by atoms with E-state index in [-0.39, 0.29) is 6.54 Å². The molecule has 1 aliphatic heterocycles. The molecule has 0 aliphatic carbocycles. The molecule has 0 unspecified atom stereocenters. The number of likely N-dealkylation sites (N-methyl/N-ethyl adjacent to an activating group) is 1. The van der Waals surface area contributed by atoms with E-state index in [9.17, 15) is 4.79 Å². The standard InChI is InChI=1S/C19H30N2O3/c1-3-21(15-19(22)23)17-9-12-20(13-10-17)11-5-7-16-6-4-8-18(14-16)24-2/h4,6,8,14,17H,3,5,7,9-13,15H2,1-2H3,(H,22,23). The van der Waals surface area contributed by atoms with Gasteiger partial charge in [-0.1, -0.05) is 19.1 Å². The summed E-state index contributed by atoms with van der Waals surface area (Å²) in [6.07, 6.45) is 4.35. The summed E-state index contributed by atoms with van der Waals surface area (Å²) in [7, 11) is 1.70. The number of carbonyl (C=O) groups is 1. The van der Waals surface area contributed by atoms with E-state index in [1.165, 1.54) is 5.56 Å². The predicted molar refractivity (Wildman–Crippen MR) is 95.7 cm³/mol. The first-order valence-corrected chi connectivity index (χ1v) is 8.93. The van der Waals surface area contributed by atoms with Crippen LogP contribution in [0.4, 0.5) is 0 Å². The molecule has 0 radical (unpaired) electrons. The third-order valence-electron chi connectivity index (χ3n) is 4.89. The first-order chi connectivity index (χ1) is 11.6. The average Bonchev–Trinajstić information content (AvgIpc) is 2.60. The van der Waals surface area contributed by atoms with E-state index in [1.54, 1.807) is 7.11 Å². The van der Waals surface area contributed by atoms with Gasteiger partial charge in [-0.05, 0) is 69.6 Å². The van der Waals surface area contributed by atoms with Gasteiger partial charge >= 0.3 is 5.97 Å². The van der Waals surface area contributed by atoms with Crippen molar-refractivity contribution >= 4 is 5.97 Å². The van der Waals surface area contributed by atoms with Gasteiger partial charge in [-0.25, -0.2) is 0 Å². The van der Waals surface area contributed by atoms with Crippen LogP contribution >= 0.6 is 0 Å². The normalized spacial score (nSPS) is 16.5. The second kappa shape index (κ2) is 9.64. The van der Waals surface area contributed by atoms with Crippen molar-refractivity contribution in [3.63, 3.8) is 0 Å². The van der Waals surface area contributed by atoms with Crippen LogP contribution in [0.15, 0.2) is 24.3 Å². The van der Waals surface area contributed by atoms with Crippen LogP contribution in [0, 0.1) is 0 Å². The minimum atomic E-state index is -0.724. The third kappa shape index (κ3) is 5.80. The second-order valence-electron chi connectivity index (χ2n) is 6.48. The quantitative estimate of drug-likeness (QED) is 0.752. The second-order valence-corrected chi connectivity index (χ2v) is 6.48. The Kier molecular flexibility index (Phi) is 7.53. The van der Waals surface area contributed by atoms with Crippen molar-refractivity contribution in [1.82, 2.24) is 9.80 Å². The smallest absolute Gasteiger partial charge is 0.317 e. The highest BCUT2D eigenvalue weighted by atomic mass is 16.5. The summed E-state index contributed by atoms with van der Waals surface area (Å²) < 4.78 is 5.27. The molecule has 0 atom stereocenters. The molecular weight excluding hydrogens is 304 g/mol. The number of carboxylic acid groups (broad SMARTS) is 1. The summed E-state index contributed by atoms with van der Waals surface area (Å²) in [5, 5.41) is 9.00. The van der Waals surface area contributed by atoms with Crippen molar-refractivity contribution in [1.29, 1.82) is 0 Å². The fraction of sp³-hybridized carbons (Fsp3) is 0.632. The Morgan fingerprint density at radius 1 is 1.38 bits per heavy atom. The zero-order valence-corrected chi connectivity index (χ0v) is 14.9. The maximum atomic E-state index is 10.9. The van der Waals surface area contributed by atoms with Crippen LogP contribution in [0.5, 0.6) is 5.75 Å². The Morgan fingerprint density at radius 3 is 2.75 bits per heavy atom. The number of ether oxygens (including phenoxy) is 1. The van der Waals surface area contributed by atoms with E-state index < -0.39 is 5.97 Å². The number of hydrogen-bond donors (Lipinski definition) is 1. The Bertz CT molecular complexity index is 513. The topological polar surface area (TPSA) is 53.0 Å². The molecular formula is C19H30N2O3. The zero-order valence-electron chi connectivity index (χ0n) is 14.9. The number of carboxylic acids is 1. The molecule has 1 N–H and O–H groups in total. The number of methoxy groups -OCH3 is 1. The SMILES string of the molecule is CCN(CC(=O)O)C1CCN(CCCc2cccc(OC)c2)CC1. The number of aliphatic carboxylic acids is 1. The van der Waals surface area contributed by atoms with Gasteiger partial charge < -0.3 is 14.7 Å². The third-order valence-corrected chi connectivity index (χ3v) is 4.89. The Morgan fingerprint density at radius 2 is 2.12 bits per heavy atom. The lowest BCUT2D eigenvalue weighted by Gasteiger charge is -2.37. The van der Waals surface area contributed by atoms with E-state index in [0.29, 0.717) is 6.04 Å². The lowest BCUT2D eigenvalue weighted by Crippen LogP contribution is -2.46. The molecule has 1 aromatic carbocycles. The molecule has 134 valence electrons. The molecule has 1 heterocycles. The first-order valence-electron chi connectivity index (χ1n) is 8.93.